The molecule has 0 aromatic carbocycles. The number of carbonyl (C=O) groups excluding carboxylic acids is 2. The second-order valence-corrected chi connectivity index (χ2v) is 18.2. The summed E-state index contributed by atoms with van der Waals surface area (Å²) >= 11 is 0. The molecule has 0 spiro atoms. The molecule has 6 atom stereocenters. The highest BCUT2D eigenvalue weighted by molar-refractivity contribution is 5.87. The largest absolute Gasteiger partial charge is 0.478 e. The lowest BCUT2D eigenvalue weighted by Gasteiger charge is -2.38. The van der Waals surface area contributed by atoms with E-state index in [9.17, 15) is 14.4 Å². The predicted molar refractivity (Wildman–Crippen MR) is 190 cm³/mol. The van der Waals surface area contributed by atoms with Gasteiger partial charge in [0.25, 0.3) is 0 Å². The highest BCUT2D eigenvalue weighted by Gasteiger charge is 2.64. The van der Waals surface area contributed by atoms with Crippen LogP contribution in [0.5, 0.6) is 0 Å². The number of carboxylic acids is 1. The Hall–Kier alpha value is -2.37. The normalized spacial score (nSPS) is 38.4. The van der Waals surface area contributed by atoms with E-state index in [0.717, 1.165) is 18.8 Å². The van der Waals surface area contributed by atoms with Crippen molar-refractivity contribution in [1.29, 1.82) is 0 Å². The first-order valence-corrected chi connectivity index (χ1v) is 18.0. The van der Waals surface area contributed by atoms with E-state index >= 15 is 0 Å². The molecule has 0 aromatic rings. The molecule has 2 unspecified atom stereocenters. The van der Waals surface area contributed by atoms with E-state index < -0.39 is 5.97 Å². The first-order chi connectivity index (χ1) is 21.4. The third-order valence-electron chi connectivity index (χ3n) is 15.5. The maximum atomic E-state index is 11.6. The summed E-state index contributed by atoms with van der Waals surface area (Å²) in [5.74, 6) is 1.04. The Labute approximate surface area is 286 Å². The molecule has 0 aromatic heterocycles. The van der Waals surface area contributed by atoms with Crippen molar-refractivity contribution in [1.82, 2.24) is 0 Å². The van der Waals surface area contributed by atoms with Gasteiger partial charge in [0.05, 0.1) is 0 Å². The highest BCUT2D eigenvalue weighted by atomic mass is 16.5. The number of hydrogen-bond acceptors (Lipinski definition) is 5. The molecular weight excluding hydrogens is 588 g/mol. The van der Waals surface area contributed by atoms with Gasteiger partial charge in [0.15, 0.2) is 0 Å². The molecule has 0 heterocycles. The summed E-state index contributed by atoms with van der Waals surface area (Å²) in [6.07, 6.45) is 14.4. The SMILES string of the molecule is C=C(C)C(=O)O.C=C(C)C(=O)OC1C[C@H]2CC[C@@]1(C)C2(C)C.C=CC(=O)OC1C[C@H]2CC[C@@]1(C)C2(C)C.CC12CCC(CC1)C2(C)C. The first kappa shape index (κ1) is 39.1. The van der Waals surface area contributed by atoms with Gasteiger partial charge in [-0.25, -0.2) is 14.4 Å². The van der Waals surface area contributed by atoms with Crippen LogP contribution in [0.15, 0.2) is 37.0 Å². The Balaban J connectivity index is 0.000000180. The summed E-state index contributed by atoms with van der Waals surface area (Å²) < 4.78 is 11.1. The molecule has 266 valence electrons. The zero-order valence-electron chi connectivity index (χ0n) is 31.6. The lowest BCUT2D eigenvalue weighted by Crippen LogP contribution is -2.38. The molecule has 6 nitrogen and oxygen atoms in total. The Morgan fingerprint density at radius 1 is 0.638 bits per heavy atom. The van der Waals surface area contributed by atoms with Crippen LogP contribution in [0.1, 0.15) is 140 Å². The number of carbonyl (C=O) groups is 3. The fourth-order valence-electron chi connectivity index (χ4n) is 10.1. The summed E-state index contributed by atoms with van der Waals surface area (Å²) in [6, 6.07) is 0. The molecule has 6 saturated carbocycles. The number of rotatable bonds is 5. The van der Waals surface area contributed by atoms with E-state index in [2.05, 4.69) is 82.1 Å². The van der Waals surface area contributed by atoms with E-state index in [-0.39, 0.29) is 40.5 Å². The molecule has 47 heavy (non-hydrogen) atoms. The van der Waals surface area contributed by atoms with Gasteiger partial charge < -0.3 is 14.6 Å². The molecule has 6 fully saturated rings. The number of ether oxygens (including phenoxy) is 2. The molecule has 0 radical (unpaired) electrons. The molecule has 0 amide bonds. The number of esters is 2. The van der Waals surface area contributed by atoms with Crippen molar-refractivity contribution in [2.45, 2.75) is 153 Å². The maximum Gasteiger partial charge on any atom is 0.333 e. The van der Waals surface area contributed by atoms with Crippen LogP contribution in [0.4, 0.5) is 0 Å². The number of fused-ring (bicyclic) bond motifs is 6. The first-order valence-electron chi connectivity index (χ1n) is 18.0. The van der Waals surface area contributed by atoms with E-state index in [1.54, 1.807) is 6.92 Å². The zero-order valence-corrected chi connectivity index (χ0v) is 31.6. The quantitative estimate of drug-likeness (QED) is 0.234. The van der Waals surface area contributed by atoms with Crippen molar-refractivity contribution in [3.05, 3.63) is 37.0 Å². The number of carboxylic acid groups (broad SMARTS) is 1. The van der Waals surface area contributed by atoms with Crippen LogP contribution in [0, 0.1) is 50.2 Å². The van der Waals surface area contributed by atoms with Crippen LogP contribution in [0.3, 0.4) is 0 Å². The third kappa shape index (κ3) is 6.91. The Bertz CT molecular complexity index is 1230. The summed E-state index contributed by atoms with van der Waals surface area (Å²) in [5, 5.41) is 7.89. The van der Waals surface area contributed by atoms with Gasteiger partial charge in [-0.3, -0.25) is 0 Å². The Kier molecular flexibility index (Phi) is 11.2. The van der Waals surface area contributed by atoms with Crippen molar-refractivity contribution in [2.24, 2.45) is 50.2 Å². The minimum absolute atomic E-state index is 0.0884. The standard InChI is InChI=1S/C14H22O2.C13H20O2.C10H18.C4H6O2/c1-9(2)12(15)16-11-8-10-6-7-14(11,5)13(10,3)4;1-5-11(14)15-10-8-9-6-7-13(10,4)12(9,2)3;1-9(2)8-4-6-10(9,3)7-5-8;1-3(2)4(5)6/h10-11H,1,6-8H2,2-5H3;5,9-10H,1,6-8H2,2-4H3;8H,4-7H2,1-3H3;1H2,2H3,(H,5,6)/t10-,11?,14-;9-,10?,13-;;/m11../s1. The van der Waals surface area contributed by atoms with Crippen LogP contribution in [-0.2, 0) is 23.9 Å². The van der Waals surface area contributed by atoms with Gasteiger partial charge in [-0.15, -0.1) is 0 Å². The second-order valence-electron chi connectivity index (χ2n) is 18.2. The fraction of sp³-hybridized carbons (Fsp3) is 0.780. The predicted octanol–water partition coefficient (Wildman–Crippen LogP) is 10.1. The minimum atomic E-state index is -0.935. The summed E-state index contributed by atoms with van der Waals surface area (Å²) in [7, 11) is 0. The smallest absolute Gasteiger partial charge is 0.333 e. The van der Waals surface area contributed by atoms with E-state index in [4.69, 9.17) is 14.6 Å². The summed E-state index contributed by atoms with van der Waals surface area (Å²) in [6.45, 7) is 34.6. The lowest BCUT2D eigenvalue weighted by atomic mass is 9.70. The molecule has 6 heteroatoms. The Morgan fingerprint density at radius 2 is 1.02 bits per heavy atom. The summed E-state index contributed by atoms with van der Waals surface area (Å²) in [5.41, 5.74) is 2.97. The fourth-order valence-corrected chi connectivity index (χ4v) is 10.1. The van der Waals surface area contributed by atoms with Crippen LogP contribution in [-0.4, -0.2) is 35.2 Å². The molecule has 6 aliphatic rings. The number of aliphatic carboxylic acids is 1. The average Bonchev–Trinajstić information content (AvgIpc) is 3.64. The lowest BCUT2D eigenvalue weighted by molar-refractivity contribution is -0.152. The van der Waals surface area contributed by atoms with Gasteiger partial charge in [-0.2, -0.15) is 0 Å². The van der Waals surface area contributed by atoms with E-state index in [1.165, 1.54) is 64.4 Å². The van der Waals surface area contributed by atoms with Crippen molar-refractivity contribution in [3.8, 4) is 0 Å². The van der Waals surface area contributed by atoms with Crippen LogP contribution in [0.25, 0.3) is 0 Å². The molecular formula is C41H66O6. The topological polar surface area (TPSA) is 89.9 Å². The molecule has 6 rings (SSSR count). The van der Waals surface area contributed by atoms with Crippen LogP contribution >= 0.6 is 0 Å². The van der Waals surface area contributed by atoms with Gasteiger partial charge in [-0.05, 0) is 117 Å². The average molecular weight is 655 g/mol. The van der Waals surface area contributed by atoms with Crippen molar-refractivity contribution in [2.75, 3.05) is 0 Å². The maximum absolute atomic E-state index is 11.6. The van der Waals surface area contributed by atoms with E-state index in [0.29, 0.717) is 39.1 Å². The van der Waals surface area contributed by atoms with Gasteiger partial charge >= 0.3 is 17.9 Å². The van der Waals surface area contributed by atoms with Crippen molar-refractivity contribution in [3.63, 3.8) is 0 Å². The zero-order chi connectivity index (χ0) is 36.0. The third-order valence-corrected chi connectivity index (χ3v) is 15.5. The molecule has 0 saturated heterocycles. The van der Waals surface area contributed by atoms with Crippen molar-refractivity contribution >= 4 is 17.9 Å². The monoisotopic (exact) mass is 654 g/mol. The van der Waals surface area contributed by atoms with Gasteiger partial charge in [-0.1, -0.05) is 82.1 Å². The second kappa shape index (κ2) is 13.5. The minimum Gasteiger partial charge on any atom is -0.478 e. The molecule has 0 aliphatic heterocycles. The van der Waals surface area contributed by atoms with Crippen molar-refractivity contribution < 1.29 is 29.0 Å². The van der Waals surface area contributed by atoms with Crippen LogP contribution < -0.4 is 0 Å². The van der Waals surface area contributed by atoms with Gasteiger partial charge in [0.2, 0.25) is 0 Å². The molecule has 1 N–H and O–H groups in total. The summed E-state index contributed by atoms with van der Waals surface area (Å²) in [4.78, 5) is 32.5. The van der Waals surface area contributed by atoms with Gasteiger partial charge in [0, 0.05) is 28.1 Å². The Morgan fingerprint density at radius 3 is 1.23 bits per heavy atom. The number of hydrogen-bond donors (Lipinski definition) is 1. The van der Waals surface area contributed by atoms with Gasteiger partial charge in [0.1, 0.15) is 12.2 Å². The van der Waals surface area contributed by atoms with Crippen LogP contribution in [0.2, 0.25) is 0 Å². The molecule has 6 bridgehead atoms. The molecule has 6 aliphatic carbocycles. The highest BCUT2D eigenvalue weighted by Crippen LogP contribution is 2.67. The van der Waals surface area contributed by atoms with E-state index in [1.807, 2.05) is 0 Å².